The Hall–Kier alpha value is -2.88. The lowest BCUT2D eigenvalue weighted by molar-refractivity contribution is -0.120. The minimum absolute atomic E-state index is 0.0453. The molecule has 1 atom stereocenters. The van der Waals surface area contributed by atoms with Crippen molar-refractivity contribution in [3.05, 3.63) is 88.9 Å². The third kappa shape index (κ3) is 5.97. The molecule has 34 heavy (non-hydrogen) atoms. The fourth-order valence-corrected chi connectivity index (χ4v) is 5.52. The first-order valence-electron chi connectivity index (χ1n) is 10.3. The van der Waals surface area contributed by atoms with Crippen molar-refractivity contribution in [1.29, 1.82) is 0 Å². The van der Waals surface area contributed by atoms with Crippen LogP contribution in [-0.4, -0.2) is 35.5 Å². The average molecular weight is 521 g/mol. The third-order valence-corrected chi connectivity index (χ3v) is 8.57. The first-order valence-corrected chi connectivity index (χ1v) is 14.0. The molecule has 0 saturated heterocycles. The van der Waals surface area contributed by atoms with Gasteiger partial charge in [0, 0.05) is 11.3 Å². The van der Waals surface area contributed by atoms with Crippen molar-refractivity contribution < 1.29 is 21.6 Å². The van der Waals surface area contributed by atoms with Gasteiger partial charge in [-0.15, -0.1) is 0 Å². The number of sulfone groups is 1. The number of carbonyl (C=O) groups excluding carboxylic acids is 1. The van der Waals surface area contributed by atoms with Gasteiger partial charge in [0.15, 0.2) is 9.84 Å². The van der Waals surface area contributed by atoms with E-state index in [-0.39, 0.29) is 15.5 Å². The zero-order chi connectivity index (χ0) is 25.1. The maximum Gasteiger partial charge on any atom is 0.264 e. The monoisotopic (exact) mass is 520 g/mol. The van der Waals surface area contributed by atoms with Crippen molar-refractivity contribution >= 4 is 43.1 Å². The van der Waals surface area contributed by atoms with Gasteiger partial charge in [-0.25, -0.2) is 16.8 Å². The molecule has 0 unspecified atom stereocenters. The van der Waals surface area contributed by atoms with Crippen LogP contribution in [0, 0.1) is 6.92 Å². The third-order valence-electron chi connectivity index (χ3n) is 5.25. The fraction of sp³-hybridized carbons (Fsp3) is 0.208. The Balaban J connectivity index is 1.87. The molecule has 0 saturated carbocycles. The van der Waals surface area contributed by atoms with Crippen LogP contribution in [0.2, 0.25) is 5.02 Å². The maximum absolute atomic E-state index is 13.4. The number of rotatable bonds is 8. The number of halogens is 1. The van der Waals surface area contributed by atoms with Crippen LogP contribution in [0.4, 0.5) is 5.69 Å². The standard InChI is InChI=1S/C24H25ClN2O5S2/c1-17-9-12-20(15-23(17)25)27(34(31,32)22-7-5-4-6-8-22)16-24(28)26-18(2)19-10-13-21(14-11-19)33(3,29)30/h4-15,18H,16H2,1-3H3,(H,26,28)/t18-/m0/s1. The summed E-state index contributed by atoms with van der Waals surface area (Å²) in [6.45, 7) is 3.06. The van der Waals surface area contributed by atoms with Gasteiger partial charge >= 0.3 is 0 Å². The van der Waals surface area contributed by atoms with E-state index in [9.17, 15) is 21.6 Å². The second kappa shape index (κ2) is 10.2. The zero-order valence-corrected chi connectivity index (χ0v) is 21.3. The molecule has 0 aliphatic carbocycles. The second-order valence-corrected chi connectivity index (χ2v) is 12.2. The number of nitrogens with zero attached hydrogens (tertiary/aromatic N) is 1. The molecule has 7 nitrogen and oxygen atoms in total. The second-order valence-electron chi connectivity index (χ2n) is 7.89. The number of amides is 1. The van der Waals surface area contributed by atoms with Gasteiger partial charge in [-0.3, -0.25) is 9.10 Å². The number of sulfonamides is 1. The van der Waals surface area contributed by atoms with Crippen LogP contribution in [-0.2, 0) is 24.7 Å². The van der Waals surface area contributed by atoms with Crippen molar-refractivity contribution in [3.8, 4) is 0 Å². The van der Waals surface area contributed by atoms with Crippen molar-refractivity contribution in [3.63, 3.8) is 0 Å². The molecule has 0 aliphatic heterocycles. The molecule has 0 fully saturated rings. The Morgan fingerprint density at radius 3 is 2.12 bits per heavy atom. The fourth-order valence-electron chi connectivity index (χ4n) is 3.28. The number of nitrogens with one attached hydrogen (secondary N) is 1. The Kier molecular flexibility index (Phi) is 7.70. The summed E-state index contributed by atoms with van der Waals surface area (Å²) in [6, 6.07) is 18.3. The normalized spacial score (nSPS) is 12.7. The quantitative estimate of drug-likeness (QED) is 0.481. The Bertz CT molecular complexity index is 1390. The summed E-state index contributed by atoms with van der Waals surface area (Å²) in [7, 11) is -7.39. The van der Waals surface area contributed by atoms with Crippen LogP contribution >= 0.6 is 11.6 Å². The molecule has 0 heterocycles. The first kappa shape index (κ1) is 25.7. The van der Waals surface area contributed by atoms with Crippen molar-refractivity contribution in [1.82, 2.24) is 5.32 Å². The molecule has 180 valence electrons. The van der Waals surface area contributed by atoms with Gasteiger partial charge in [0.25, 0.3) is 10.0 Å². The molecule has 1 amide bonds. The highest BCUT2D eigenvalue weighted by molar-refractivity contribution is 7.93. The molecular weight excluding hydrogens is 496 g/mol. The lowest BCUT2D eigenvalue weighted by atomic mass is 10.1. The highest BCUT2D eigenvalue weighted by atomic mass is 35.5. The summed E-state index contributed by atoms with van der Waals surface area (Å²) in [6.07, 6.45) is 1.12. The number of anilines is 1. The number of carbonyl (C=O) groups is 1. The van der Waals surface area contributed by atoms with Crippen molar-refractivity contribution in [2.45, 2.75) is 29.7 Å². The smallest absolute Gasteiger partial charge is 0.264 e. The number of aryl methyl sites for hydroxylation is 1. The molecule has 0 radical (unpaired) electrons. The van der Waals surface area contributed by atoms with Gasteiger partial charge in [-0.1, -0.05) is 48.0 Å². The van der Waals surface area contributed by atoms with E-state index < -0.39 is 38.4 Å². The topological polar surface area (TPSA) is 101 Å². The molecule has 10 heteroatoms. The summed E-state index contributed by atoms with van der Waals surface area (Å²) in [5.74, 6) is -0.532. The predicted octanol–water partition coefficient (Wildman–Crippen LogP) is 4.12. The van der Waals surface area contributed by atoms with Crippen LogP contribution in [0.3, 0.4) is 0 Å². The van der Waals surface area contributed by atoms with Gasteiger partial charge in [0.1, 0.15) is 6.54 Å². The minimum Gasteiger partial charge on any atom is -0.348 e. The molecule has 3 rings (SSSR count). The van der Waals surface area contributed by atoms with E-state index in [1.165, 1.54) is 30.3 Å². The predicted molar refractivity (Wildman–Crippen MR) is 133 cm³/mol. The van der Waals surface area contributed by atoms with E-state index in [2.05, 4.69) is 5.32 Å². The summed E-state index contributed by atoms with van der Waals surface area (Å²) in [5.41, 5.74) is 1.72. The minimum atomic E-state index is -4.05. The Morgan fingerprint density at radius 1 is 0.941 bits per heavy atom. The summed E-state index contributed by atoms with van der Waals surface area (Å²) >= 11 is 6.23. The molecule has 0 aromatic heterocycles. The van der Waals surface area contributed by atoms with Gasteiger partial charge in [-0.05, 0) is 61.4 Å². The lowest BCUT2D eigenvalue weighted by Gasteiger charge is -2.25. The van der Waals surface area contributed by atoms with Gasteiger partial charge in [-0.2, -0.15) is 0 Å². The van der Waals surface area contributed by atoms with E-state index in [1.807, 2.05) is 0 Å². The van der Waals surface area contributed by atoms with Gasteiger partial charge < -0.3 is 5.32 Å². The SMILES string of the molecule is Cc1ccc(N(CC(=O)N[C@@H](C)c2ccc(S(C)(=O)=O)cc2)S(=O)(=O)c2ccccc2)cc1Cl. The van der Waals surface area contributed by atoms with E-state index in [0.29, 0.717) is 10.6 Å². The van der Waals surface area contributed by atoms with Crippen LogP contribution in [0.1, 0.15) is 24.1 Å². The molecule has 0 spiro atoms. The lowest BCUT2D eigenvalue weighted by Crippen LogP contribution is -2.41. The van der Waals surface area contributed by atoms with Crippen molar-refractivity contribution in [2.75, 3.05) is 17.1 Å². The molecule has 0 bridgehead atoms. The van der Waals surface area contributed by atoms with Crippen LogP contribution in [0.5, 0.6) is 0 Å². The first-order chi connectivity index (χ1) is 15.9. The zero-order valence-electron chi connectivity index (χ0n) is 18.9. The molecule has 0 aliphatic rings. The van der Waals surface area contributed by atoms with E-state index in [4.69, 9.17) is 11.6 Å². The molecule has 3 aromatic carbocycles. The number of benzene rings is 3. The average Bonchev–Trinajstić information content (AvgIpc) is 2.79. The van der Waals surface area contributed by atoms with Crippen molar-refractivity contribution in [2.24, 2.45) is 0 Å². The Labute approximate surface area is 205 Å². The molecule has 3 aromatic rings. The molecular formula is C24H25ClN2O5S2. The van der Waals surface area contributed by atoms with Gasteiger partial charge in [0.05, 0.1) is 21.5 Å². The van der Waals surface area contributed by atoms with Crippen LogP contribution in [0.15, 0.2) is 82.6 Å². The maximum atomic E-state index is 13.4. The summed E-state index contributed by atoms with van der Waals surface area (Å²) in [4.78, 5) is 13.1. The summed E-state index contributed by atoms with van der Waals surface area (Å²) < 4.78 is 51.1. The van der Waals surface area contributed by atoms with E-state index >= 15 is 0 Å². The Morgan fingerprint density at radius 2 is 1.56 bits per heavy atom. The van der Waals surface area contributed by atoms with Crippen LogP contribution in [0.25, 0.3) is 0 Å². The molecule has 1 N–H and O–H groups in total. The summed E-state index contributed by atoms with van der Waals surface area (Å²) in [5, 5.41) is 3.16. The largest absolute Gasteiger partial charge is 0.348 e. The number of hydrogen-bond donors (Lipinski definition) is 1. The van der Waals surface area contributed by atoms with E-state index in [0.717, 1.165) is 16.1 Å². The number of hydrogen-bond acceptors (Lipinski definition) is 5. The highest BCUT2D eigenvalue weighted by Crippen LogP contribution is 2.28. The highest BCUT2D eigenvalue weighted by Gasteiger charge is 2.28. The van der Waals surface area contributed by atoms with Gasteiger partial charge in [0.2, 0.25) is 5.91 Å². The van der Waals surface area contributed by atoms with E-state index in [1.54, 1.807) is 56.3 Å². The van der Waals surface area contributed by atoms with Crippen LogP contribution < -0.4 is 9.62 Å².